The van der Waals surface area contributed by atoms with Gasteiger partial charge in [0.2, 0.25) is 10.0 Å². The standard InChI is InChI=1S/C26H28ClFN4O6S2/c1-26(25(34)35)12-16(13-26)40(36,37)32-8-5-14(6-9-32)20-19(24(33)38-2)21(17-4-3-15(28)11-18(17)27)31-22(30-20)23-29-7-10-39-23/h3-4,7,10-11,14,16,21H,5-6,8-9,12-13H2,1-2H3,(H,30,31)(H,34,35)/t16-,21?,26-. The molecule has 2 N–H and O–H groups in total. The minimum atomic E-state index is -3.67. The molecule has 3 aliphatic rings. The monoisotopic (exact) mass is 610 g/mol. The number of thiazole rings is 1. The number of nitrogens with zero attached hydrogens (tertiary/aromatic N) is 3. The average molecular weight is 611 g/mol. The molecule has 0 amide bonds. The fourth-order valence-electron chi connectivity index (χ4n) is 5.56. The molecule has 0 radical (unpaired) electrons. The molecule has 1 unspecified atom stereocenters. The van der Waals surface area contributed by atoms with Crippen molar-refractivity contribution in [2.45, 2.75) is 43.9 Å². The van der Waals surface area contributed by atoms with E-state index in [4.69, 9.17) is 21.3 Å². The van der Waals surface area contributed by atoms with E-state index in [0.717, 1.165) is 6.07 Å². The number of sulfonamides is 1. The zero-order valence-electron chi connectivity index (χ0n) is 21.8. The third-order valence-electron chi connectivity index (χ3n) is 7.89. The summed E-state index contributed by atoms with van der Waals surface area (Å²) in [6.45, 7) is 1.98. The molecule has 1 saturated heterocycles. The topological polar surface area (TPSA) is 138 Å². The Morgan fingerprint density at radius 1 is 1.27 bits per heavy atom. The average Bonchev–Trinajstić information content (AvgIpc) is 3.45. The minimum Gasteiger partial charge on any atom is -0.481 e. The van der Waals surface area contributed by atoms with Gasteiger partial charge < -0.3 is 15.2 Å². The third kappa shape index (κ3) is 5.15. The lowest BCUT2D eigenvalue weighted by molar-refractivity contribution is -0.152. The first-order chi connectivity index (χ1) is 18.9. The van der Waals surface area contributed by atoms with Crippen molar-refractivity contribution in [1.29, 1.82) is 0 Å². The quantitative estimate of drug-likeness (QED) is 0.452. The number of aliphatic carboxylic acids is 1. The SMILES string of the molecule is COC(=O)C1=C(C2CCN(S(=O)(=O)[C@H]3C[C@](C)(C(=O)O)C3)CC2)NC(c2nccs2)=NC1c1ccc(F)cc1Cl. The molecule has 1 saturated carbocycles. The number of rotatable bonds is 7. The highest BCUT2D eigenvalue weighted by Crippen LogP contribution is 2.46. The fourth-order valence-corrected chi connectivity index (χ4v) is 8.72. The highest BCUT2D eigenvalue weighted by atomic mass is 35.5. The van der Waals surface area contributed by atoms with Gasteiger partial charge in [-0.2, -0.15) is 0 Å². The van der Waals surface area contributed by atoms with E-state index < -0.39 is 44.5 Å². The molecule has 1 aromatic carbocycles. The number of nitrogens with one attached hydrogen (secondary N) is 1. The van der Waals surface area contributed by atoms with E-state index in [1.54, 1.807) is 18.5 Å². The van der Waals surface area contributed by atoms with Crippen LogP contribution >= 0.6 is 22.9 Å². The van der Waals surface area contributed by atoms with Crippen LogP contribution in [0.5, 0.6) is 0 Å². The number of ether oxygens (including phenoxy) is 1. The summed E-state index contributed by atoms with van der Waals surface area (Å²) in [5.74, 6) is -1.98. The van der Waals surface area contributed by atoms with Crippen LogP contribution in [0.25, 0.3) is 0 Å². The smallest absolute Gasteiger partial charge is 0.338 e. The Hall–Kier alpha value is -2.87. The van der Waals surface area contributed by atoms with E-state index >= 15 is 0 Å². The van der Waals surface area contributed by atoms with Crippen molar-refractivity contribution in [2.24, 2.45) is 16.3 Å². The fraction of sp³-hybridized carbons (Fsp3) is 0.462. The largest absolute Gasteiger partial charge is 0.481 e. The number of benzene rings is 1. The molecule has 40 heavy (non-hydrogen) atoms. The summed E-state index contributed by atoms with van der Waals surface area (Å²) in [5.41, 5.74) is 0.151. The summed E-state index contributed by atoms with van der Waals surface area (Å²) >= 11 is 7.76. The Kier molecular flexibility index (Phi) is 7.77. The summed E-state index contributed by atoms with van der Waals surface area (Å²) in [4.78, 5) is 33.7. The van der Waals surface area contributed by atoms with E-state index in [0.29, 0.717) is 34.9 Å². The number of halogens is 2. The molecule has 2 aliphatic heterocycles. The summed E-state index contributed by atoms with van der Waals surface area (Å²) < 4.78 is 46.9. The molecule has 1 aliphatic carbocycles. The first kappa shape index (κ1) is 28.7. The van der Waals surface area contributed by atoms with Crippen LogP contribution in [0.4, 0.5) is 4.39 Å². The third-order valence-corrected chi connectivity index (χ3v) is 11.3. The predicted molar refractivity (Wildman–Crippen MR) is 147 cm³/mol. The van der Waals surface area contributed by atoms with Crippen molar-refractivity contribution >= 4 is 50.7 Å². The number of allylic oxidation sites excluding steroid dienone is 1. The highest BCUT2D eigenvalue weighted by molar-refractivity contribution is 7.89. The van der Waals surface area contributed by atoms with Gasteiger partial charge in [0.1, 0.15) is 11.9 Å². The molecule has 214 valence electrons. The molecule has 2 aromatic rings. The van der Waals surface area contributed by atoms with Crippen LogP contribution in [-0.2, 0) is 24.3 Å². The minimum absolute atomic E-state index is 0.0809. The van der Waals surface area contributed by atoms with E-state index in [1.165, 1.54) is 34.9 Å². The van der Waals surface area contributed by atoms with Gasteiger partial charge >= 0.3 is 11.9 Å². The van der Waals surface area contributed by atoms with Crippen LogP contribution in [0.15, 0.2) is 46.0 Å². The van der Waals surface area contributed by atoms with Gasteiger partial charge in [-0.05, 0) is 44.7 Å². The Balaban J connectivity index is 1.45. The highest BCUT2D eigenvalue weighted by Gasteiger charge is 2.53. The Morgan fingerprint density at radius 2 is 1.98 bits per heavy atom. The van der Waals surface area contributed by atoms with Crippen molar-refractivity contribution in [1.82, 2.24) is 14.6 Å². The van der Waals surface area contributed by atoms with Gasteiger partial charge in [-0.15, -0.1) is 11.3 Å². The van der Waals surface area contributed by atoms with Gasteiger partial charge in [0, 0.05) is 46.9 Å². The second-order valence-electron chi connectivity index (χ2n) is 10.4. The van der Waals surface area contributed by atoms with Crippen LogP contribution in [0.3, 0.4) is 0 Å². The number of aromatic nitrogens is 1. The van der Waals surface area contributed by atoms with Crippen molar-refractivity contribution in [3.05, 3.63) is 62.5 Å². The Morgan fingerprint density at radius 3 is 2.55 bits per heavy atom. The molecule has 3 heterocycles. The van der Waals surface area contributed by atoms with Crippen LogP contribution in [0.1, 0.15) is 49.2 Å². The van der Waals surface area contributed by atoms with Crippen LogP contribution < -0.4 is 5.32 Å². The molecule has 0 spiro atoms. The normalized spacial score (nSPS) is 26.1. The molecule has 14 heteroatoms. The van der Waals surface area contributed by atoms with Crippen LogP contribution in [-0.4, -0.2) is 66.0 Å². The first-order valence-corrected chi connectivity index (χ1v) is 15.4. The van der Waals surface area contributed by atoms with Gasteiger partial charge in [0.25, 0.3) is 0 Å². The summed E-state index contributed by atoms with van der Waals surface area (Å²) in [5, 5.41) is 14.4. The number of methoxy groups -OCH3 is 1. The number of amidine groups is 1. The molecule has 0 bridgehead atoms. The summed E-state index contributed by atoms with van der Waals surface area (Å²) in [6, 6.07) is 2.98. The van der Waals surface area contributed by atoms with Gasteiger partial charge in [-0.1, -0.05) is 17.7 Å². The van der Waals surface area contributed by atoms with Crippen molar-refractivity contribution in [3.8, 4) is 0 Å². The Labute approximate surface area is 240 Å². The molecule has 2 fully saturated rings. The van der Waals surface area contributed by atoms with Crippen LogP contribution in [0, 0.1) is 17.2 Å². The van der Waals surface area contributed by atoms with Crippen molar-refractivity contribution in [2.75, 3.05) is 20.2 Å². The molecular weight excluding hydrogens is 583 g/mol. The molecular formula is C26H28ClFN4O6S2. The van der Waals surface area contributed by atoms with Crippen molar-refractivity contribution in [3.63, 3.8) is 0 Å². The van der Waals surface area contributed by atoms with Gasteiger partial charge in [0.15, 0.2) is 10.8 Å². The van der Waals surface area contributed by atoms with Gasteiger partial charge in [0.05, 0.1) is 23.3 Å². The Bertz CT molecular complexity index is 1500. The molecule has 1 aromatic heterocycles. The van der Waals surface area contributed by atoms with Gasteiger partial charge in [-0.3, -0.25) is 9.79 Å². The number of carboxylic acid groups (broad SMARTS) is 1. The summed E-state index contributed by atoms with van der Waals surface area (Å²) in [6.07, 6.45) is 2.59. The maximum atomic E-state index is 13.9. The number of hydrogen-bond donors (Lipinski definition) is 2. The maximum Gasteiger partial charge on any atom is 0.338 e. The predicted octanol–water partition coefficient (Wildman–Crippen LogP) is 3.75. The number of esters is 1. The number of carbonyl (C=O) groups excluding carboxylic acids is 1. The number of piperidine rings is 1. The lowest BCUT2D eigenvalue weighted by Gasteiger charge is -2.44. The summed E-state index contributed by atoms with van der Waals surface area (Å²) in [7, 11) is -2.41. The first-order valence-electron chi connectivity index (χ1n) is 12.7. The van der Waals surface area contributed by atoms with Crippen LogP contribution in [0.2, 0.25) is 5.02 Å². The molecule has 5 rings (SSSR count). The van der Waals surface area contributed by atoms with E-state index in [2.05, 4.69) is 10.3 Å². The van der Waals surface area contributed by atoms with Crippen molar-refractivity contribution < 1.29 is 32.2 Å². The second kappa shape index (κ2) is 10.8. The van der Waals surface area contributed by atoms with E-state index in [9.17, 15) is 27.5 Å². The maximum absolute atomic E-state index is 13.9. The lowest BCUT2D eigenvalue weighted by Crippen LogP contribution is -2.54. The zero-order chi connectivity index (χ0) is 28.8. The lowest BCUT2D eigenvalue weighted by atomic mass is 9.70. The molecule has 10 nitrogen and oxygen atoms in total. The number of hydrogen-bond acceptors (Lipinski definition) is 9. The number of carboxylic acids is 1. The van der Waals surface area contributed by atoms with Gasteiger partial charge in [-0.25, -0.2) is 26.9 Å². The second-order valence-corrected chi connectivity index (χ2v) is 14.0. The number of carbonyl (C=O) groups is 2. The van der Waals surface area contributed by atoms with E-state index in [-0.39, 0.29) is 42.4 Å². The molecule has 1 atom stereocenters. The van der Waals surface area contributed by atoms with E-state index in [1.807, 2.05) is 0 Å². The zero-order valence-corrected chi connectivity index (χ0v) is 24.2. The number of aliphatic imine (C=N–C) groups is 1.